The van der Waals surface area contributed by atoms with E-state index < -0.39 is 23.0 Å². The maximum absolute atomic E-state index is 12.9. The zero-order chi connectivity index (χ0) is 21.4. The predicted molar refractivity (Wildman–Crippen MR) is 109 cm³/mol. The summed E-state index contributed by atoms with van der Waals surface area (Å²) in [6.07, 6.45) is 9.22. The average molecular weight is 424 g/mol. The number of benzene rings is 1. The zero-order valence-corrected chi connectivity index (χ0v) is 16.6. The lowest BCUT2D eigenvalue weighted by molar-refractivity contribution is -0.128. The van der Waals surface area contributed by atoms with E-state index in [9.17, 15) is 9.59 Å². The van der Waals surface area contributed by atoms with E-state index in [1.165, 1.54) is 10.9 Å². The van der Waals surface area contributed by atoms with Crippen molar-refractivity contribution in [2.75, 3.05) is 0 Å². The Kier molecular flexibility index (Phi) is 4.84. The van der Waals surface area contributed by atoms with E-state index in [2.05, 4.69) is 10.4 Å². The highest BCUT2D eigenvalue weighted by molar-refractivity contribution is 6.31. The quantitative estimate of drug-likeness (QED) is 0.565. The minimum atomic E-state index is -1.04. The average Bonchev–Trinajstić information content (AvgIpc) is 3.49. The van der Waals surface area contributed by atoms with Crippen molar-refractivity contribution < 1.29 is 14.3 Å². The number of hydrogen-bond donors (Lipinski definition) is 2. The van der Waals surface area contributed by atoms with Crippen LogP contribution < -0.4 is 15.8 Å². The largest absolute Gasteiger partial charge is 0.411 e. The van der Waals surface area contributed by atoms with Crippen LogP contribution in [0, 0.1) is 16.9 Å². The molecule has 152 valence electrons. The number of nitrogens with two attached hydrogens (primary N) is 1. The first-order valence-corrected chi connectivity index (χ1v) is 9.67. The van der Waals surface area contributed by atoms with Gasteiger partial charge in [0, 0.05) is 0 Å². The van der Waals surface area contributed by atoms with Crippen molar-refractivity contribution >= 4 is 29.2 Å². The molecule has 30 heavy (non-hydrogen) atoms. The molecule has 1 saturated carbocycles. The molecule has 1 aromatic carbocycles. The van der Waals surface area contributed by atoms with Gasteiger partial charge in [-0.05, 0) is 30.4 Å². The molecule has 0 aliphatic heterocycles. The van der Waals surface area contributed by atoms with Gasteiger partial charge in [0.1, 0.15) is 10.6 Å². The second kappa shape index (κ2) is 7.35. The molecular weight excluding hydrogens is 406 g/mol. The molecule has 4 rings (SSSR count). The number of nitriles is 1. The molecule has 9 heteroatoms. The van der Waals surface area contributed by atoms with Crippen LogP contribution in [0.25, 0.3) is 5.57 Å². The number of aromatic nitrogens is 2. The summed E-state index contributed by atoms with van der Waals surface area (Å²) in [5.41, 5.74) is 5.26. The molecule has 1 heterocycles. The number of rotatable bonds is 5. The molecule has 0 spiro atoms. The van der Waals surface area contributed by atoms with E-state index in [-0.39, 0.29) is 10.9 Å². The Labute approximate surface area is 177 Å². The van der Waals surface area contributed by atoms with Crippen LogP contribution in [0.1, 0.15) is 24.8 Å². The SMILES string of the molecule is N#CNC(=O)C1(C2(n3ncc(Cl)c3OC(N)=O)C=CC(c3ccccc3)=CC2)CC1. The number of halogens is 1. The molecule has 2 aliphatic carbocycles. The van der Waals surface area contributed by atoms with E-state index in [1.54, 1.807) is 6.19 Å². The van der Waals surface area contributed by atoms with E-state index in [0.29, 0.717) is 19.3 Å². The number of nitrogens with one attached hydrogen (secondary N) is 1. The van der Waals surface area contributed by atoms with Crippen LogP contribution in [0.4, 0.5) is 4.79 Å². The van der Waals surface area contributed by atoms with Gasteiger partial charge in [0.2, 0.25) is 11.8 Å². The standard InChI is InChI=1S/C21H18ClN5O3/c22-16-12-26-27(17(16)30-19(24)29)21(20(10-11-20)18(28)25-13-23)8-6-15(7-9-21)14-4-2-1-3-5-14/h1-8,12H,9-11H2,(H2,24,29)(H,25,28). The van der Waals surface area contributed by atoms with Gasteiger partial charge in [0.05, 0.1) is 11.6 Å². The smallest absolute Gasteiger partial charge is 0.390 e. The number of nitrogens with zero attached hydrogens (tertiary/aromatic N) is 3. The minimum absolute atomic E-state index is 0.0404. The van der Waals surface area contributed by atoms with Crippen LogP contribution in [-0.4, -0.2) is 21.8 Å². The fourth-order valence-corrected chi connectivity index (χ4v) is 4.29. The summed E-state index contributed by atoms with van der Waals surface area (Å²) in [6, 6.07) is 9.81. The molecular formula is C21H18ClN5O3. The second-order valence-electron chi connectivity index (χ2n) is 7.27. The van der Waals surface area contributed by atoms with Crippen LogP contribution in [0.3, 0.4) is 0 Å². The van der Waals surface area contributed by atoms with Crippen molar-refractivity contribution in [3.05, 3.63) is 65.3 Å². The van der Waals surface area contributed by atoms with Crippen LogP contribution in [-0.2, 0) is 10.3 Å². The molecule has 2 aliphatic rings. The topological polar surface area (TPSA) is 123 Å². The number of ether oxygens (including phenoxy) is 1. The Morgan fingerprint density at radius 3 is 2.60 bits per heavy atom. The summed E-state index contributed by atoms with van der Waals surface area (Å²) < 4.78 is 6.55. The van der Waals surface area contributed by atoms with Crippen molar-refractivity contribution in [1.29, 1.82) is 5.26 Å². The first-order chi connectivity index (χ1) is 14.4. The molecule has 2 amide bonds. The monoisotopic (exact) mass is 423 g/mol. The highest BCUT2D eigenvalue weighted by Crippen LogP contribution is 2.62. The maximum Gasteiger partial charge on any atom is 0.411 e. The van der Waals surface area contributed by atoms with Gasteiger partial charge >= 0.3 is 6.09 Å². The fraction of sp³-hybridized carbons (Fsp3) is 0.238. The zero-order valence-electron chi connectivity index (χ0n) is 15.8. The number of carbonyl (C=O) groups is 2. The highest BCUT2D eigenvalue weighted by atomic mass is 35.5. The number of primary amides is 1. The van der Waals surface area contributed by atoms with Crippen molar-refractivity contribution in [3.63, 3.8) is 0 Å². The van der Waals surface area contributed by atoms with E-state index >= 15 is 0 Å². The molecule has 1 unspecified atom stereocenters. The molecule has 2 aromatic rings. The second-order valence-corrected chi connectivity index (χ2v) is 7.67. The van der Waals surface area contributed by atoms with Gasteiger partial charge in [-0.25, -0.2) is 9.48 Å². The summed E-state index contributed by atoms with van der Waals surface area (Å²) in [7, 11) is 0. The lowest BCUT2D eigenvalue weighted by Gasteiger charge is -2.39. The Morgan fingerprint density at radius 1 is 1.30 bits per heavy atom. The fourth-order valence-electron chi connectivity index (χ4n) is 4.13. The Hall–Kier alpha value is -3.57. The third-order valence-corrected chi connectivity index (χ3v) is 5.98. The van der Waals surface area contributed by atoms with Crippen molar-refractivity contribution in [3.8, 4) is 12.1 Å². The molecule has 1 atom stereocenters. The number of amides is 2. The van der Waals surface area contributed by atoms with Crippen LogP contribution in [0.5, 0.6) is 5.88 Å². The molecule has 3 N–H and O–H groups in total. The van der Waals surface area contributed by atoms with Gasteiger partial charge in [-0.1, -0.05) is 60.2 Å². The summed E-state index contributed by atoms with van der Waals surface area (Å²) in [6.45, 7) is 0. The van der Waals surface area contributed by atoms with E-state index in [0.717, 1.165) is 11.1 Å². The Bertz CT molecular complexity index is 1110. The molecule has 0 bridgehead atoms. The van der Waals surface area contributed by atoms with Crippen LogP contribution >= 0.6 is 11.6 Å². The number of allylic oxidation sites excluding steroid dienone is 4. The lowest BCUT2D eigenvalue weighted by atomic mass is 9.73. The molecule has 0 radical (unpaired) electrons. The lowest BCUT2D eigenvalue weighted by Crippen LogP contribution is -2.49. The van der Waals surface area contributed by atoms with Gasteiger partial charge in [-0.2, -0.15) is 10.4 Å². The third-order valence-electron chi connectivity index (χ3n) is 5.72. The summed E-state index contributed by atoms with van der Waals surface area (Å²) in [5.74, 6) is -0.454. The molecule has 0 saturated heterocycles. The minimum Gasteiger partial charge on any atom is -0.390 e. The summed E-state index contributed by atoms with van der Waals surface area (Å²) in [4.78, 5) is 24.3. The number of hydrogen-bond acceptors (Lipinski definition) is 5. The first-order valence-electron chi connectivity index (χ1n) is 9.29. The van der Waals surface area contributed by atoms with Gasteiger partial charge in [0.25, 0.3) is 0 Å². The van der Waals surface area contributed by atoms with Gasteiger partial charge in [-0.15, -0.1) is 0 Å². The van der Waals surface area contributed by atoms with Crippen LogP contribution in [0.2, 0.25) is 5.02 Å². The first kappa shape index (κ1) is 19.7. The van der Waals surface area contributed by atoms with Gasteiger partial charge in [0.15, 0.2) is 6.19 Å². The maximum atomic E-state index is 12.9. The van der Waals surface area contributed by atoms with Crippen molar-refractivity contribution in [2.45, 2.75) is 24.8 Å². The van der Waals surface area contributed by atoms with Gasteiger partial charge < -0.3 is 10.5 Å². The summed E-state index contributed by atoms with van der Waals surface area (Å²) in [5, 5.41) is 15.7. The van der Waals surface area contributed by atoms with E-state index in [1.807, 2.05) is 48.6 Å². The number of carbonyl (C=O) groups excluding carboxylic acids is 2. The van der Waals surface area contributed by atoms with Crippen molar-refractivity contribution in [1.82, 2.24) is 15.1 Å². The molecule has 1 aromatic heterocycles. The normalized spacial score (nSPS) is 21.3. The van der Waals surface area contributed by atoms with E-state index in [4.69, 9.17) is 27.3 Å². The Balaban J connectivity index is 1.83. The van der Waals surface area contributed by atoms with Crippen LogP contribution in [0.15, 0.2) is 54.8 Å². The Morgan fingerprint density at radius 2 is 2.03 bits per heavy atom. The molecule has 1 fully saturated rings. The van der Waals surface area contributed by atoms with Gasteiger partial charge in [-0.3, -0.25) is 10.1 Å². The predicted octanol–water partition coefficient (Wildman–Crippen LogP) is 3.11. The highest BCUT2D eigenvalue weighted by Gasteiger charge is 2.65. The molecule has 8 nitrogen and oxygen atoms in total. The summed E-state index contributed by atoms with van der Waals surface area (Å²) >= 11 is 6.20. The van der Waals surface area contributed by atoms with Crippen molar-refractivity contribution in [2.24, 2.45) is 11.1 Å². The third kappa shape index (κ3) is 3.04.